The minimum atomic E-state index is -3.33. The Labute approximate surface area is 88.1 Å². The normalized spacial score (nSPS) is 13.8. The number of benzene rings is 1. The molecule has 1 aromatic rings. The van der Waals surface area contributed by atoms with Crippen LogP contribution in [-0.4, -0.2) is 31.5 Å². The van der Waals surface area contributed by atoms with Crippen LogP contribution < -0.4 is 5.73 Å². The molecular weight excluding hydrogens is 218 g/mol. The Hall–Kier alpha value is -1.11. The summed E-state index contributed by atoms with van der Waals surface area (Å²) in [4.78, 5) is 0.0687. The van der Waals surface area contributed by atoms with E-state index in [9.17, 15) is 13.5 Å². The van der Waals surface area contributed by atoms with E-state index < -0.39 is 15.9 Å². The summed E-state index contributed by atoms with van der Waals surface area (Å²) in [6.45, 7) is -0.360. The fraction of sp³-hybridized carbons (Fsp3) is 0.333. The largest absolute Gasteiger partial charge is 0.508 e. The Morgan fingerprint density at radius 1 is 1.47 bits per heavy atom. The summed E-state index contributed by atoms with van der Waals surface area (Å²) in [5, 5.41) is 18.2. The molecule has 0 heterocycles. The van der Waals surface area contributed by atoms with Crippen molar-refractivity contribution in [3.8, 4) is 5.75 Å². The molecule has 0 aliphatic carbocycles. The van der Waals surface area contributed by atoms with Gasteiger partial charge in [0.25, 0.3) is 0 Å². The van der Waals surface area contributed by atoms with Crippen molar-refractivity contribution < 1.29 is 18.6 Å². The molecule has 0 spiro atoms. The zero-order valence-corrected chi connectivity index (χ0v) is 9.03. The van der Waals surface area contributed by atoms with Crippen LogP contribution in [0.4, 0.5) is 0 Å². The third kappa shape index (κ3) is 2.68. The maximum Gasteiger partial charge on any atom is 0.175 e. The molecule has 0 fully saturated rings. The van der Waals surface area contributed by atoms with Gasteiger partial charge in [0.15, 0.2) is 9.84 Å². The van der Waals surface area contributed by atoms with Crippen molar-refractivity contribution >= 4 is 9.84 Å². The van der Waals surface area contributed by atoms with Gasteiger partial charge in [-0.25, -0.2) is 8.42 Å². The van der Waals surface area contributed by atoms with E-state index in [1.165, 1.54) is 18.2 Å². The molecule has 1 atom stereocenters. The third-order valence-electron chi connectivity index (χ3n) is 2.02. The lowest BCUT2D eigenvalue weighted by molar-refractivity contribution is 0.265. The van der Waals surface area contributed by atoms with Gasteiger partial charge in [-0.05, 0) is 18.2 Å². The van der Waals surface area contributed by atoms with Gasteiger partial charge in [-0.3, -0.25) is 0 Å². The molecule has 6 heteroatoms. The number of hydrogen-bond acceptors (Lipinski definition) is 5. The summed E-state index contributed by atoms with van der Waals surface area (Å²) in [7, 11) is -3.33. The smallest absolute Gasteiger partial charge is 0.175 e. The first-order valence-corrected chi connectivity index (χ1v) is 6.15. The van der Waals surface area contributed by atoms with Crippen LogP contribution in [0.25, 0.3) is 0 Å². The Kier molecular flexibility index (Phi) is 3.33. The van der Waals surface area contributed by atoms with Crippen molar-refractivity contribution in [1.29, 1.82) is 0 Å². The third-order valence-corrected chi connectivity index (χ3v) is 3.13. The highest BCUT2D eigenvalue weighted by atomic mass is 32.2. The molecule has 1 unspecified atom stereocenters. The first-order valence-electron chi connectivity index (χ1n) is 4.25. The van der Waals surface area contributed by atoms with Gasteiger partial charge < -0.3 is 15.9 Å². The lowest BCUT2D eigenvalue weighted by Gasteiger charge is -2.11. The number of hydrogen-bond donors (Lipinski definition) is 3. The molecule has 0 aliphatic rings. The van der Waals surface area contributed by atoms with E-state index in [0.717, 1.165) is 6.26 Å². The van der Waals surface area contributed by atoms with Crippen LogP contribution in [0.5, 0.6) is 5.75 Å². The SMILES string of the molecule is CS(=O)(=O)c1ccc(O)c(C(N)CO)c1. The number of aromatic hydroxyl groups is 1. The van der Waals surface area contributed by atoms with Crippen molar-refractivity contribution in [2.24, 2.45) is 5.73 Å². The van der Waals surface area contributed by atoms with Crippen LogP contribution >= 0.6 is 0 Å². The van der Waals surface area contributed by atoms with Crippen molar-refractivity contribution in [3.63, 3.8) is 0 Å². The van der Waals surface area contributed by atoms with E-state index in [1.807, 2.05) is 0 Å². The second-order valence-electron chi connectivity index (χ2n) is 3.28. The number of rotatable bonds is 3. The fourth-order valence-corrected chi connectivity index (χ4v) is 1.81. The topological polar surface area (TPSA) is 101 Å². The molecule has 0 saturated heterocycles. The molecule has 0 amide bonds. The van der Waals surface area contributed by atoms with Crippen molar-refractivity contribution in [2.75, 3.05) is 12.9 Å². The Bertz CT molecular complexity index is 455. The van der Waals surface area contributed by atoms with Crippen molar-refractivity contribution in [2.45, 2.75) is 10.9 Å². The monoisotopic (exact) mass is 231 g/mol. The van der Waals surface area contributed by atoms with Gasteiger partial charge in [0.05, 0.1) is 17.5 Å². The predicted molar refractivity (Wildman–Crippen MR) is 55.2 cm³/mol. The van der Waals surface area contributed by atoms with Gasteiger partial charge in [-0.15, -0.1) is 0 Å². The molecule has 0 aliphatic heterocycles. The minimum Gasteiger partial charge on any atom is -0.508 e. The Balaban J connectivity index is 3.29. The molecule has 15 heavy (non-hydrogen) atoms. The second-order valence-corrected chi connectivity index (χ2v) is 5.30. The van der Waals surface area contributed by atoms with Gasteiger partial charge in [0.2, 0.25) is 0 Å². The number of aliphatic hydroxyl groups excluding tert-OH is 1. The number of sulfone groups is 1. The molecule has 1 aromatic carbocycles. The summed E-state index contributed by atoms with van der Waals surface area (Å²) in [5.74, 6) is -0.121. The number of phenolic OH excluding ortho intramolecular Hbond substituents is 1. The van der Waals surface area contributed by atoms with Crippen molar-refractivity contribution in [1.82, 2.24) is 0 Å². The Morgan fingerprint density at radius 2 is 2.07 bits per heavy atom. The predicted octanol–water partition coefficient (Wildman–Crippen LogP) is -0.212. The molecule has 1 rings (SSSR count). The molecule has 0 saturated carbocycles. The summed E-state index contributed by atoms with van der Waals surface area (Å²) in [6.07, 6.45) is 1.06. The highest BCUT2D eigenvalue weighted by Crippen LogP contribution is 2.25. The Morgan fingerprint density at radius 3 is 2.53 bits per heavy atom. The summed E-state index contributed by atoms with van der Waals surface area (Å²) < 4.78 is 22.4. The van der Waals surface area contributed by atoms with E-state index in [1.54, 1.807) is 0 Å². The minimum absolute atomic E-state index is 0.0687. The average molecular weight is 231 g/mol. The second kappa shape index (κ2) is 4.18. The van der Waals surface area contributed by atoms with E-state index in [0.29, 0.717) is 0 Å². The van der Waals surface area contributed by atoms with Crippen LogP contribution in [0.2, 0.25) is 0 Å². The van der Waals surface area contributed by atoms with Gasteiger partial charge in [-0.1, -0.05) is 0 Å². The number of phenols is 1. The van der Waals surface area contributed by atoms with Crippen LogP contribution in [0.1, 0.15) is 11.6 Å². The van der Waals surface area contributed by atoms with E-state index >= 15 is 0 Å². The number of aliphatic hydroxyl groups is 1. The zero-order valence-electron chi connectivity index (χ0n) is 8.21. The summed E-state index contributed by atoms with van der Waals surface area (Å²) in [5.41, 5.74) is 5.73. The molecular formula is C9H13NO4S. The molecule has 5 nitrogen and oxygen atoms in total. The maximum absolute atomic E-state index is 11.2. The maximum atomic E-state index is 11.2. The molecule has 4 N–H and O–H groups in total. The van der Waals surface area contributed by atoms with Gasteiger partial charge in [0.1, 0.15) is 5.75 Å². The molecule has 0 bridgehead atoms. The first kappa shape index (κ1) is 12.0. The fourth-order valence-electron chi connectivity index (χ4n) is 1.16. The van der Waals surface area contributed by atoms with Gasteiger partial charge in [-0.2, -0.15) is 0 Å². The van der Waals surface area contributed by atoms with E-state index in [-0.39, 0.29) is 22.8 Å². The van der Waals surface area contributed by atoms with Crippen LogP contribution in [0, 0.1) is 0 Å². The molecule has 84 valence electrons. The lowest BCUT2D eigenvalue weighted by atomic mass is 10.1. The highest BCUT2D eigenvalue weighted by molar-refractivity contribution is 7.90. The lowest BCUT2D eigenvalue weighted by Crippen LogP contribution is -2.15. The van der Waals surface area contributed by atoms with E-state index in [4.69, 9.17) is 10.8 Å². The molecule has 0 radical (unpaired) electrons. The van der Waals surface area contributed by atoms with Crippen molar-refractivity contribution in [3.05, 3.63) is 23.8 Å². The van der Waals surface area contributed by atoms with Crippen LogP contribution in [0.3, 0.4) is 0 Å². The quantitative estimate of drug-likeness (QED) is 0.668. The molecule has 0 aromatic heterocycles. The zero-order chi connectivity index (χ0) is 11.6. The highest BCUT2D eigenvalue weighted by Gasteiger charge is 2.14. The van der Waals surface area contributed by atoms with Crippen LogP contribution in [-0.2, 0) is 9.84 Å². The van der Waals surface area contributed by atoms with Gasteiger partial charge in [0, 0.05) is 11.8 Å². The summed E-state index contributed by atoms with van der Waals surface area (Å²) >= 11 is 0. The standard InChI is InChI=1S/C9H13NO4S/c1-15(13,14)6-2-3-9(12)7(4-6)8(10)5-11/h2-4,8,11-12H,5,10H2,1H3. The first-order chi connectivity index (χ1) is 6.86. The van der Waals surface area contributed by atoms with Gasteiger partial charge >= 0.3 is 0 Å². The van der Waals surface area contributed by atoms with Crippen LogP contribution in [0.15, 0.2) is 23.1 Å². The average Bonchev–Trinajstić information content (AvgIpc) is 2.15. The van der Waals surface area contributed by atoms with E-state index in [2.05, 4.69) is 0 Å². The summed E-state index contributed by atoms with van der Waals surface area (Å²) in [6, 6.07) is 3.03. The number of nitrogens with two attached hydrogens (primary N) is 1.